The van der Waals surface area contributed by atoms with Crippen LogP contribution in [0.25, 0.3) is 0 Å². The van der Waals surface area contributed by atoms with E-state index in [1.54, 1.807) is 0 Å². The lowest BCUT2D eigenvalue weighted by Crippen LogP contribution is -2.12. The molecule has 2 nitrogen and oxygen atoms in total. The summed E-state index contributed by atoms with van der Waals surface area (Å²) in [5.74, 6) is 1.63. The van der Waals surface area contributed by atoms with Crippen molar-refractivity contribution in [1.82, 2.24) is 0 Å². The summed E-state index contributed by atoms with van der Waals surface area (Å²) in [4.78, 5) is 2.18. The van der Waals surface area contributed by atoms with Crippen molar-refractivity contribution in [2.24, 2.45) is 5.92 Å². The number of rotatable bonds is 9. The second-order valence-electron chi connectivity index (χ2n) is 6.12. The lowest BCUT2D eigenvalue weighted by Gasteiger charge is -2.20. The minimum atomic E-state index is 0.668. The third-order valence-electron chi connectivity index (χ3n) is 4.40. The van der Waals surface area contributed by atoms with E-state index in [1.807, 2.05) is 6.07 Å². The highest BCUT2D eigenvalue weighted by atomic mass is 16.5. The molecule has 0 fully saturated rings. The van der Waals surface area contributed by atoms with Crippen LogP contribution in [0.5, 0.6) is 5.75 Å². The molecule has 2 heteroatoms. The first-order valence-electron chi connectivity index (χ1n) is 8.76. The Balaban J connectivity index is 1.91. The largest absolute Gasteiger partial charge is 0.493 e. The number of unbranched alkanes of at least 4 members (excludes halogenated alkanes) is 1. The van der Waals surface area contributed by atoms with Crippen molar-refractivity contribution in [2.45, 2.75) is 39.5 Å². The molecule has 0 aromatic heterocycles. The molecular formula is C21H29NO. The number of anilines is 2. The van der Waals surface area contributed by atoms with Gasteiger partial charge in [0.2, 0.25) is 0 Å². The molecule has 0 aliphatic heterocycles. The summed E-state index contributed by atoms with van der Waals surface area (Å²) in [7, 11) is 2.09. The Bertz CT molecular complexity index is 550. The first-order valence-corrected chi connectivity index (χ1v) is 8.76. The summed E-state index contributed by atoms with van der Waals surface area (Å²) in [6, 6.07) is 18.8. The molecule has 2 aromatic carbocycles. The van der Waals surface area contributed by atoms with Crippen molar-refractivity contribution in [3.8, 4) is 5.75 Å². The quantitative estimate of drug-likeness (QED) is 0.559. The Labute approximate surface area is 141 Å². The topological polar surface area (TPSA) is 12.5 Å². The van der Waals surface area contributed by atoms with Crippen molar-refractivity contribution >= 4 is 11.4 Å². The van der Waals surface area contributed by atoms with Crippen molar-refractivity contribution in [3.63, 3.8) is 0 Å². The van der Waals surface area contributed by atoms with Crippen molar-refractivity contribution < 1.29 is 4.74 Å². The average Bonchev–Trinajstić information content (AvgIpc) is 2.62. The highest BCUT2D eigenvalue weighted by molar-refractivity contribution is 5.62. The molecule has 124 valence electrons. The van der Waals surface area contributed by atoms with Gasteiger partial charge < -0.3 is 9.64 Å². The minimum absolute atomic E-state index is 0.668. The van der Waals surface area contributed by atoms with E-state index >= 15 is 0 Å². The van der Waals surface area contributed by atoms with E-state index in [0.29, 0.717) is 5.92 Å². The maximum Gasteiger partial charge on any atom is 0.119 e. The van der Waals surface area contributed by atoms with Crippen LogP contribution in [0.15, 0.2) is 54.6 Å². The van der Waals surface area contributed by atoms with Crippen LogP contribution < -0.4 is 9.64 Å². The summed E-state index contributed by atoms with van der Waals surface area (Å²) in [6.07, 6.45) is 5.01. The zero-order valence-electron chi connectivity index (χ0n) is 14.7. The number of hydrogen-bond donors (Lipinski definition) is 0. The monoisotopic (exact) mass is 311 g/mol. The highest BCUT2D eigenvalue weighted by Gasteiger charge is 2.08. The molecule has 0 amide bonds. The van der Waals surface area contributed by atoms with Crippen LogP contribution in [-0.4, -0.2) is 13.7 Å². The molecule has 23 heavy (non-hydrogen) atoms. The van der Waals surface area contributed by atoms with Gasteiger partial charge in [-0.1, -0.05) is 51.3 Å². The molecule has 0 heterocycles. The van der Waals surface area contributed by atoms with Gasteiger partial charge >= 0.3 is 0 Å². The molecule has 2 rings (SSSR count). The second-order valence-corrected chi connectivity index (χ2v) is 6.12. The summed E-state index contributed by atoms with van der Waals surface area (Å²) >= 11 is 0. The number of nitrogens with zero attached hydrogens (tertiary/aromatic N) is 1. The van der Waals surface area contributed by atoms with Gasteiger partial charge in [0.05, 0.1) is 6.61 Å². The maximum absolute atomic E-state index is 5.98. The fourth-order valence-corrected chi connectivity index (χ4v) is 2.68. The van der Waals surface area contributed by atoms with Gasteiger partial charge in [0.15, 0.2) is 0 Å². The molecule has 0 aliphatic rings. The van der Waals surface area contributed by atoms with E-state index in [-0.39, 0.29) is 0 Å². The van der Waals surface area contributed by atoms with E-state index in [2.05, 4.69) is 74.3 Å². The van der Waals surface area contributed by atoms with Crippen molar-refractivity contribution in [3.05, 3.63) is 54.6 Å². The molecule has 0 saturated carbocycles. The van der Waals surface area contributed by atoms with Crippen LogP contribution in [-0.2, 0) is 0 Å². The molecule has 0 bridgehead atoms. The fraction of sp³-hybridized carbons (Fsp3) is 0.429. The number of benzene rings is 2. The van der Waals surface area contributed by atoms with Crippen molar-refractivity contribution in [1.29, 1.82) is 0 Å². The van der Waals surface area contributed by atoms with Gasteiger partial charge in [0, 0.05) is 18.4 Å². The first kappa shape index (κ1) is 17.4. The van der Waals surface area contributed by atoms with E-state index in [9.17, 15) is 0 Å². The summed E-state index contributed by atoms with van der Waals surface area (Å²) in [5.41, 5.74) is 2.35. The van der Waals surface area contributed by atoms with Gasteiger partial charge in [-0.25, -0.2) is 0 Å². The lowest BCUT2D eigenvalue weighted by molar-refractivity contribution is 0.233. The summed E-state index contributed by atoms with van der Waals surface area (Å²) < 4.78 is 5.98. The predicted octanol–water partition coefficient (Wildman–Crippen LogP) is 6.05. The zero-order valence-corrected chi connectivity index (χ0v) is 14.7. The Kier molecular flexibility index (Phi) is 6.99. The van der Waals surface area contributed by atoms with Crippen LogP contribution in [0.2, 0.25) is 0 Å². The molecule has 0 aliphatic carbocycles. The normalized spacial score (nSPS) is 12.0. The Morgan fingerprint density at radius 2 is 1.57 bits per heavy atom. The minimum Gasteiger partial charge on any atom is -0.493 e. The van der Waals surface area contributed by atoms with Crippen LogP contribution in [0, 0.1) is 5.92 Å². The molecule has 0 spiro atoms. The molecular weight excluding hydrogens is 282 g/mol. The maximum atomic E-state index is 5.98. The van der Waals surface area contributed by atoms with Crippen LogP contribution in [0.4, 0.5) is 11.4 Å². The van der Waals surface area contributed by atoms with Gasteiger partial charge in [-0.3, -0.25) is 0 Å². The van der Waals surface area contributed by atoms with Gasteiger partial charge in [-0.2, -0.15) is 0 Å². The third-order valence-corrected chi connectivity index (χ3v) is 4.40. The number of ether oxygens (including phenoxy) is 1. The van der Waals surface area contributed by atoms with Crippen LogP contribution in [0.1, 0.15) is 39.5 Å². The third kappa shape index (κ3) is 5.31. The van der Waals surface area contributed by atoms with Crippen LogP contribution in [0.3, 0.4) is 0 Å². The molecule has 0 N–H and O–H groups in total. The second kappa shape index (κ2) is 9.24. The van der Waals surface area contributed by atoms with E-state index < -0.39 is 0 Å². The van der Waals surface area contributed by atoms with Gasteiger partial charge in [-0.15, -0.1) is 0 Å². The van der Waals surface area contributed by atoms with Crippen LogP contribution >= 0.6 is 0 Å². The lowest BCUT2D eigenvalue weighted by atomic mass is 10.0. The highest BCUT2D eigenvalue weighted by Crippen LogP contribution is 2.25. The SMILES string of the molecule is CCCCC(CC)COc1ccc(N(C)c2ccccc2)cc1. The predicted molar refractivity (Wildman–Crippen MR) is 99.7 cm³/mol. The molecule has 0 saturated heterocycles. The Morgan fingerprint density at radius 3 is 2.17 bits per heavy atom. The van der Waals surface area contributed by atoms with Gasteiger partial charge in [0.25, 0.3) is 0 Å². The molecule has 1 atom stereocenters. The average molecular weight is 311 g/mol. The molecule has 1 unspecified atom stereocenters. The molecule has 0 radical (unpaired) electrons. The first-order chi connectivity index (χ1) is 11.2. The Morgan fingerprint density at radius 1 is 0.913 bits per heavy atom. The fourth-order valence-electron chi connectivity index (χ4n) is 2.68. The van der Waals surface area contributed by atoms with Crippen molar-refractivity contribution in [2.75, 3.05) is 18.6 Å². The summed E-state index contributed by atoms with van der Waals surface area (Å²) in [5, 5.41) is 0. The number of para-hydroxylation sites is 1. The number of hydrogen-bond acceptors (Lipinski definition) is 2. The zero-order chi connectivity index (χ0) is 16.5. The van der Waals surface area contributed by atoms with Gasteiger partial charge in [0.1, 0.15) is 5.75 Å². The van der Waals surface area contributed by atoms with E-state index in [0.717, 1.165) is 12.4 Å². The smallest absolute Gasteiger partial charge is 0.119 e. The molecule has 2 aromatic rings. The standard InChI is InChI=1S/C21H29NO/c1-4-6-10-18(5-2)17-23-21-15-13-20(14-16-21)22(3)19-11-8-7-9-12-19/h7-9,11-16,18H,4-6,10,17H2,1-3H3. The Hall–Kier alpha value is -1.96. The van der Waals surface area contributed by atoms with E-state index in [4.69, 9.17) is 4.74 Å². The summed E-state index contributed by atoms with van der Waals surface area (Å²) in [6.45, 7) is 5.32. The van der Waals surface area contributed by atoms with E-state index in [1.165, 1.54) is 37.1 Å². The van der Waals surface area contributed by atoms with Gasteiger partial charge in [-0.05, 0) is 48.7 Å².